The fourth-order valence-corrected chi connectivity index (χ4v) is 11.7. The van der Waals surface area contributed by atoms with E-state index in [9.17, 15) is 0 Å². The van der Waals surface area contributed by atoms with Gasteiger partial charge < -0.3 is 9.55 Å². The molecule has 3 heterocycles. The number of fused-ring (bicyclic) bond motifs is 1. The first kappa shape index (κ1) is 20.6. The first-order valence-electron chi connectivity index (χ1n) is 10.5. The van der Waals surface area contributed by atoms with E-state index in [0.29, 0.717) is 16.6 Å². The summed E-state index contributed by atoms with van der Waals surface area (Å²) in [6, 6.07) is 12.6. The van der Waals surface area contributed by atoms with Crippen molar-refractivity contribution >= 4 is 25.1 Å². The predicted molar refractivity (Wildman–Crippen MR) is 123 cm³/mol. The second-order valence-corrected chi connectivity index (χ2v) is 14.4. The van der Waals surface area contributed by atoms with Crippen molar-refractivity contribution in [2.75, 3.05) is 11.9 Å². The van der Waals surface area contributed by atoms with Gasteiger partial charge in [-0.25, -0.2) is 4.98 Å². The van der Waals surface area contributed by atoms with Crippen LogP contribution in [0.15, 0.2) is 48.8 Å². The van der Waals surface area contributed by atoms with E-state index < -0.39 is 8.24 Å². The molecular weight excluding hydrogens is 360 g/mol. The molecule has 4 nitrogen and oxygen atoms in total. The number of nitrogens with one attached hydrogen (secondary N) is 1. The zero-order valence-electron chi connectivity index (χ0n) is 18.1. The standard InChI is InChI=1S/C23H34N4Si/c1-17(2)28(18(3)4,19(5)6)27-16-13-20-10-11-22(26-23(20)27)25-15-12-21-9-7-8-14-24-21/h7-11,13-14,16-19H,12,15H2,1-6H3,(H,25,26). The van der Waals surface area contributed by atoms with E-state index in [1.165, 1.54) is 5.39 Å². The Morgan fingerprint density at radius 3 is 2.25 bits per heavy atom. The molecule has 0 radical (unpaired) electrons. The molecule has 0 aromatic carbocycles. The summed E-state index contributed by atoms with van der Waals surface area (Å²) >= 11 is 0. The average molecular weight is 395 g/mol. The van der Waals surface area contributed by atoms with Crippen molar-refractivity contribution in [2.24, 2.45) is 0 Å². The van der Waals surface area contributed by atoms with Crippen LogP contribution < -0.4 is 5.32 Å². The van der Waals surface area contributed by atoms with Crippen molar-refractivity contribution in [1.29, 1.82) is 0 Å². The Balaban J connectivity index is 1.91. The fourth-order valence-electron chi connectivity index (χ4n) is 5.12. The van der Waals surface area contributed by atoms with Gasteiger partial charge in [0.2, 0.25) is 0 Å². The van der Waals surface area contributed by atoms with Gasteiger partial charge in [0.05, 0.1) is 0 Å². The highest BCUT2D eigenvalue weighted by Gasteiger charge is 2.45. The van der Waals surface area contributed by atoms with Gasteiger partial charge in [-0.2, -0.15) is 0 Å². The third kappa shape index (κ3) is 3.72. The predicted octanol–water partition coefficient (Wildman–Crippen LogP) is 6.11. The Labute approximate surface area is 170 Å². The minimum Gasteiger partial charge on any atom is -0.370 e. The molecule has 0 aliphatic carbocycles. The van der Waals surface area contributed by atoms with E-state index in [1.807, 2.05) is 18.3 Å². The molecule has 0 unspecified atom stereocenters. The van der Waals surface area contributed by atoms with Crippen molar-refractivity contribution in [1.82, 2.24) is 14.2 Å². The number of anilines is 1. The Morgan fingerprint density at radius 1 is 0.929 bits per heavy atom. The maximum absolute atomic E-state index is 5.05. The molecule has 0 bridgehead atoms. The highest BCUT2D eigenvalue weighted by atomic mass is 28.3. The SMILES string of the molecule is CC(C)[Si](C(C)C)(C(C)C)n1ccc2ccc(NCCc3ccccn3)nc21. The topological polar surface area (TPSA) is 42.7 Å². The molecule has 0 amide bonds. The molecule has 3 aromatic rings. The summed E-state index contributed by atoms with van der Waals surface area (Å²) in [4.78, 5) is 9.44. The number of hydrogen-bond donors (Lipinski definition) is 1. The monoisotopic (exact) mass is 394 g/mol. The highest BCUT2D eigenvalue weighted by Crippen LogP contribution is 2.44. The lowest BCUT2D eigenvalue weighted by atomic mass is 10.2. The molecule has 3 rings (SSSR count). The van der Waals surface area contributed by atoms with Gasteiger partial charge in [0, 0.05) is 30.2 Å². The van der Waals surface area contributed by atoms with Crippen LogP contribution in [0.25, 0.3) is 11.0 Å². The number of nitrogens with zero attached hydrogens (tertiary/aromatic N) is 3. The molecule has 0 atom stereocenters. The van der Waals surface area contributed by atoms with Gasteiger partial charge >= 0.3 is 0 Å². The molecule has 28 heavy (non-hydrogen) atoms. The van der Waals surface area contributed by atoms with Crippen LogP contribution in [0, 0.1) is 0 Å². The van der Waals surface area contributed by atoms with E-state index in [-0.39, 0.29) is 0 Å². The first-order valence-corrected chi connectivity index (χ1v) is 12.7. The number of pyridine rings is 2. The van der Waals surface area contributed by atoms with Gasteiger partial charge in [-0.3, -0.25) is 4.98 Å². The number of hydrogen-bond acceptors (Lipinski definition) is 3. The minimum absolute atomic E-state index is 0.644. The lowest BCUT2D eigenvalue weighted by molar-refractivity contribution is 0.770. The highest BCUT2D eigenvalue weighted by molar-refractivity contribution is 6.82. The second-order valence-electron chi connectivity index (χ2n) is 8.64. The average Bonchev–Trinajstić information content (AvgIpc) is 3.06. The van der Waals surface area contributed by atoms with Crippen molar-refractivity contribution in [3.63, 3.8) is 0 Å². The third-order valence-corrected chi connectivity index (χ3v) is 12.9. The summed E-state index contributed by atoms with van der Waals surface area (Å²) in [7, 11) is -1.81. The minimum atomic E-state index is -1.81. The van der Waals surface area contributed by atoms with Crippen LogP contribution in [0.4, 0.5) is 5.82 Å². The van der Waals surface area contributed by atoms with E-state index in [2.05, 4.69) is 86.5 Å². The Morgan fingerprint density at radius 2 is 1.64 bits per heavy atom. The molecule has 0 fully saturated rings. The van der Waals surface area contributed by atoms with Crippen molar-refractivity contribution in [3.05, 3.63) is 54.5 Å². The molecular formula is C23H34N4Si. The summed E-state index contributed by atoms with van der Waals surface area (Å²) < 4.78 is 2.58. The molecule has 0 saturated carbocycles. The van der Waals surface area contributed by atoms with Crippen LogP contribution >= 0.6 is 0 Å². The molecule has 0 spiro atoms. The normalized spacial score (nSPS) is 12.5. The zero-order chi connectivity index (χ0) is 20.3. The van der Waals surface area contributed by atoms with Gasteiger partial charge in [0.1, 0.15) is 11.5 Å². The molecule has 0 saturated heterocycles. The molecule has 3 aromatic heterocycles. The Kier molecular flexibility index (Phi) is 6.23. The smallest absolute Gasteiger partial charge is 0.171 e. The molecule has 1 N–H and O–H groups in total. The summed E-state index contributed by atoms with van der Waals surface area (Å²) in [6.07, 6.45) is 5.03. The van der Waals surface area contributed by atoms with Crippen LogP contribution in [0.3, 0.4) is 0 Å². The van der Waals surface area contributed by atoms with Crippen LogP contribution in [0.5, 0.6) is 0 Å². The molecule has 0 aliphatic rings. The summed E-state index contributed by atoms with van der Waals surface area (Å²) in [5, 5.41) is 4.72. The van der Waals surface area contributed by atoms with E-state index in [0.717, 1.165) is 30.1 Å². The van der Waals surface area contributed by atoms with Crippen molar-refractivity contribution in [2.45, 2.75) is 64.6 Å². The van der Waals surface area contributed by atoms with Crippen molar-refractivity contribution < 1.29 is 0 Å². The van der Waals surface area contributed by atoms with Crippen LogP contribution in [-0.4, -0.2) is 29.0 Å². The van der Waals surface area contributed by atoms with Gasteiger partial charge in [-0.1, -0.05) is 47.6 Å². The molecule has 5 heteroatoms. The third-order valence-electron chi connectivity index (χ3n) is 6.14. The Hall–Kier alpha value is -2.14. The van der Waals surface area contributed by atoms with Crippen LogP contribution in [0.1, 0.15) is 47.2 Å². The lowest BCUT2D eigenvalue weighted by Gasteiger charge is -2.44. The molecule has 0 aliphatic heterocycles. The van der Waals surface area contributed by atoms with Crippen molar-refractivity contribution in [3.8, 4) is 0 Å². The van der Waals surface area contributed by atoms with E-state index >= 15 is 0 Å². The maximum Gasteiger partial charge on any atom is 0.171 e. The zero-order valence-corrected chi connectivity index (χ0v) is 19.1. The van der Waals surface area contributed by atoms with Crippen LogP contribution in [0.2, 0.25) is 16.6 Å². The number of rotatable bonds is 8. The lowest BCUT2D eigenvalue weighted by Crippen LogP contribution is -2.51. The van der Waals surface area contributed by atoms with Gasteiger partial charge in [0.15, 0.2) is 8.24 Å². The van der Waals surface area contributed by atoms with Gasteiger partial charge in [0.25, 0.3) is 0 Å². The number of aromatic nitrogens is 3. The van der Waals surface area contributed by atoms with E-state index in [1.54, 1.807) is 0 Å². The summed E-state index contributed by atoms with van der Waals surface area (Å²) in [6.45, 7) is 15.2. The Bertz CT molecular complexity index is 878. The van der Waals surface area contributed by atoms with E-state index in [4.69, 9.17) is 4.98 Å². The van der Waals surface area contributed by atoms with Crippen LogP contribution in [-0.2, 0) is 6.42 Å². The summed E-state index contributed by atoms with van der Waals surface area (Å²) in [5.74, 6) is 0.947. The fraction of sp³-hybridized carbons (Fsp3) is 0.478. The quantitative estimate of drug-likeness (QED) is 0.469. The van der Waals surface area contributed by atoms with Gasteiger partial charge in [-0.05, 0) is 53.2 Å². The summed E-state index contributed by atoms with van der Waals surface area (Å²) in [5.41, 5.74) is 4.16. The first-order chi connectivity index (χ1) is 13.4. The second kappa shape index (κ2) is 8.48. The maximum atomic E-state index is 5.05. The largest absolute Gasteiger partial charge is 0.370 e. The molecule has 150 valence electrons. The van der Waals surface area contributed by atoms with Gasteiger partial charge in [-0.15, -0.1) is 0 Å².